The molecule has 2 fully saturated rings. The molecular weight excluding hydrogens is 324 g/mol. The molecule has 138 valence electrons. The third kappa shape index (κ3) is 2.89. The highest BCUT2D eigenvalue weighted by atomic mass is 16.5. The number of rotatable bonds is 6. The van der Waals surface area contributed by atoms with Crippen LogP contribution in [0, 0.1) is 5.92 Å². The van der Waals surface area contributed by atoms with Crippen molar-refractivity contribution < 1.29 is 4.74 Å². The Kier molecular flexibility index (Phi) is 4.47. The van der Waals surface area contributed by atoms with E-state index in [0.717, 1.165) is 65.1 Å². The van der Waals surface area contributed by atoms with Gasteiger partial charge in [0.05, 0.1) is 12.6 Å². The first-order chi connectivity index (χ1) is 12.6. The lowest BCUT2D eigenvalue weighted by Crippen LogP contribution is -2.39. The molecule has 1 aliphatic carbocycles. The van der Waals surface area contributed by atoms with E-state index in [0.29, 0.717) is 0 Å². The minimum absolute atomic E-state index is 0.771. The molecule has 0 atom stereocenters. The number of nitrogens with zero attached hydrogens (tertiary/aromatic N) is 4. The Morgan fingerprint density at radius 2 is 2.04 bits per heavy atom. The number of anilines is 1. The Morgan fingerprint density at radius 1 is 1.27 bits per heavy atom. The Hall–Kier alpha value is -2.30. The molecule has 1 saturated carbocycles. The monoisotopic (exact) mass is 352 g/mol. The van der Waals surface area contributed by atoms with Crippen LogP contribution in [-0.4, -0.2) is 34.7 Å². The fraction of sp³-hybridized carbons (Fsp3) is 0.524. The fourth-order valence-corrected chi connectivity index (χ4v) is 3.85. The van der Waals surface area contributed by atoms with Gasteiger partial charge >= 0.3 is 0 Å². The van der Waals surface area contributed by atoms with Crippen LogP contribution in [0.5, 0.6) is 0 Å². The number of hydrogen-bond donors (Lipinski definition) is 0. The third-order valence-corrected chi connectivity index (χ3v) is 5.76. The maximum atomic E-state index is 5.49. The van der Waals surface area contributed by atoms with Gasteiger partial charge in [0.25, 0.3) is 0 Å². The van der Waals surface area contributed by atoms with Gasteiger partial charge in [0, 0.05) is 37.0 Å². The van der Waals surface area contributed by atoms with E-state index in [9.17, 15) is 0 Å². The van der Waals surface area contributed by atoms with Crippen LogP contribution in [0.1, 0.15) is 45.1 Å². The molecule has 5 heteroatoms. The first kappa shape index (κ1) is 17.1. The van der Waals surface area contributed by atoms with Gasteiger partial charge in [0.15, 0.2) is 5.65 Å². The standard InChI is InChI=1S/C21H28N4O/c1-14(2)19(15(3)26-4)17-11-18-20(22-12-17)23-21(24-9-6-10-24)25(18)13-16-7-5-8-16/h11-12,16H,1,5-10,13H2,2-4H3/b19-15+. The lowest BCUT2D eigenvalue weighted by molar-refractivity contribution is 0.279. The second-order valence-corrected chi connectivity index (χ2v) is 7.64. The second kappa shape index (κ2) is 6.78. The van der Waals surface area contributed by atoms with Crippen molar-refractivity contribution in [1.29, 1.82) is 0 Å². The number of methoxy groups -OCH3 is 1. The zero-order chi connectivity index (χ0) is 18.3. The molecule has 4 rings (SSSR count). The number of hydrogen-bond acceptors (Lipinski definition) is 4. The van der Waals surface area contributed by atoms with E-state index in [1.54, 1.807) is 7.11 Å². The van der Waals surface area contributed by atoms with E-state index in [4.69, 9.17) is 9.72 Å². The van der Waals surface area contributed by atoms with Crippen LogP contribution < -0.4 is 4.90 Å². The van der Waals surface area contributed by atoms with E-state index in [1.165, 1.54) is 25.7 Å². The summed E-state index contributed by atoms with van der Waals surface area (Å²) in [6, 6.07) is 2.21. The van der Waals surface area contributed by atoms with Crippen molar-refractivity contribution in [2.45, 2.75) is 46.1 Å². The molecule has 0 spiro atoms. The van der Waals surface area contributed by atoms with Crippen molar-refractivity contribution >= 4 is 22.7 Å². The molecule has 0 radical (unpaired) electrons. The number of fused-ring (bicyclic) bond motifs is 1. The summed E-state index contributed by atoms with van der Waals surface area (Å²) < 4.78 is 7.89. The number of ether oxygens (including phenoxy) is 1. The maximum Gasteiger partial charge on any atom is 0.208 e. The van der Waals surface area contributed by atoms with Gasteiger partial charge < -0.3 is 14.2 Å². The average Bonchev–Trinajstić information content (AvgIpc) is 2.86. The molecule has 1 aliphatic heterocycles. The maximum absolute atomic E-state index is 5.49. The van der Waals surface area contributed by atoms with E-state index in [2.05, 4.69) is 27.1 Å². The summed E-state index contributed by atoms with van der Waals surface area (Å²) in [5.74, 6) is 2.73. The van der Waals surface area contributed by atoms with Crippen molar-refractivity contribution in [3.8, 4) is 0 Å². The summed E-state index contributed by atoms with van der Waals surface area (Å²) in [5.41, 5.74) is 5.03. The minimum Gasteiger partial charge on any atom is -0.501 e. The van der Waals surface area contributed by atoms with Crippen LogP contribution in [0.4, 0.5) is 5.95 Å². The SMILES string of the molecule is C=C(C)/C(=C(/C)OC)c1cnc2nc(N3CCC3)n(CC3CCC3)c2c1. The molecule has 2 aromatic rings. The fourth-order valence-electron chi connectivity index (χ4n) is 3.85. The van der Waals surface area contributed by atoms with Gasteiger partial charge in [-0.3, -0.25) is 0 Å². The molecule has 0 unspecified atom stereocenters. The minimum atomic E-state index is 0.771. The molecule has 2 aromatic heterocycles. The zero-order valence-corrected chi connectivity index (χ0v) is 16.1. The molecule has 0 bridgehead atoms. The van der Waals surface area contributed by atoms with Crippen molar-refractivity contribution in [2.75, 3.05) is 25.1 Å². The van der Waals surface area contributed by atoms with Crippen LogP contribution in [0.2, 0.25) is 0 Å². The van der Waals surface area contributed by atoms with Gasteiger partial charge in [0.2, 0.25) is 5.95 Å². The predicted octanol–water partition coefficient (Wildman–Crippen LogP) is 4.40. The Bertz CT molecular complexity index is 872. The average molecular weight is 352 g/mol. The van der Waals surface area contributed by atoms with E-state index in [-0.39, 0.29) is 0 Å². The molecule has 2 aliphatic rings. The molecule has 0 amide bonds. The summed E-state index contributed by atoms with van der Waals surface area (Å²) in [6.07, 6.45) is 7.16. The van der Waals surface area contributed by atoms with Gasteiger partial charge in [-0.25, -0.2) is 4.98 Å². The first-order valence-corrected chi connectivity index (χ1v) is 9.61. The topological polar surface area (TPSA) is 43.2 Å². The number of allylic oxidation sites excluding steroid dienone is 3. The summed E-state index contributed by atoms with van der Waals surface area (Å²) >= 11 is 0. The largest absolute Gasteiger partial charge is 0.501 e. The normalized spacial score (nSPS) is 18.3. The van der Waals surface area contributed by atoms with Gasteiger partial charge in [-0.2, -0.15) is 4.98 Å². The van der Waals surface area contributed by atoms with Crippen molar-refractivity contribution in [1.82, 2.24) is 14.5 Å². The molecule has 3 heterocycles. The quantitative estimate of drug-likeness (QED) is 0.571. The molecule has 0 aromatic carbocycles. The highest BCUT2D eigenvalue weighted by Gasteiger charge is 2.26. The predicted molar refractivity (Wildman–Crippen MR) is 106 cm³/mol. The first-order valence-electron chi connectivity index (χ1n) is 9.61. The van der Waals surface area contributed by atoms with E-state index >= 15 is 0 Å². The number of aromatic nitrogens is 3. The molecular formula is C21H28N4O. The number of imidazole rings is 1. The zero-order valence-electron chi connectivity index (χ0n) is 16.1. The third-order valence-electron chi connectivity index (χ3n) is 5.76. The summed E-state index contributed by atoms with van der Waals surface area (Å²) in [4.78, 5) is 11.9. The smallest absolute Gasteiger partial charge is 0.208 e. The Balaban J connectivity index is 1.83. The van der Waals surface area contributed by atoms with Gasteiger partial charge in [0.1, 0.15) is 5.76 Å². The van der Waals surface area contributed by atoms with Crippen LogP contribution in [-0.2, 0) is 11.3 Å². The van der Waals surface area contributed by atoms with Gasteiger partial charge in [-0.1, -0.05) is 13.0 Å². The van der Waals surface area contributed by atoms with E-state index < -0.39 is 0 Å². The number of pyridine rings is 1. The highest BCUT2D eigenvalue weighted by Crippen LogP contribution is 2.34. The molecule has 0 N–H and O–H groups in total. The summed E-state index contributed by atoms with van der Waals surface area (Å²) in [5, 5.41) is 0. The lowest BCUT2D eigenvalue weighted by Gasteiger charge is -2.34. The van der Waals surface area contributed by atoms with Crippen molar-refractivity contribution in [3.05, 3.63) is 35.7 Å². The molecule has 1 saturated heterocycles. The Labute approximate surface area is 155 Å². The molecule has 26 heavy (non-hydrogen) atoms. The van der Waals surface area contributed by atoms with Crippen LogP contribution in [0.15, 0.2) is 30.2 Å². The lowest BCUT2D eigenvalue weighted by atomic mass is 9.85. The Morgan fingerprint density at radius 3 is 2.58 bits per heavy atom. The summed E-state index contributed by atoms with van der Waals surface area (Å²) in [6.45, 7) is 11.4. The van der Waals surface area contributed by atoms with Gasteiger partial charge in [-0.05, 0) is 50.7 Å². The van der Waals surface area contributed by atoms with Crippen molar-refractivity contribution in [2.24, 2.45) is 5.92 Å². The van der Waals surface area contributed by atoms with Crippen LogP contribution in [0.3, 0.4) is 0 Å². The van der Waals surface area contributed by atoms with Crippen LogP contribution >= 0.6 is 0 Å². The second-order valence-electron chi connectivity index (χ2n) is 7.64. The van der Waals surface area contributed by atoms with Gasteiger partial charge in [-0.15, -0.1) is 0 Å². The summed E-state index contributed by atoms with van der Waals surface area (Å²) in [7, 11) is 1.70. The van der Waals surface area contributed by atoms with Crippen molar-refractivity contribution in [3.63, 3.8) is 0 Å². The molecule has 5 nitrogen and oxygen atoms in total. The van der Waals surface area contributed by atoms with E-state index in [1.807, 2.05) is 20.0 Å². The van der Waals surface area contributed by atoms with Crippen LogP contribution in [0.25, 0.3) is 16.7 Å². The highest BCUT2D eigenvalue weighted by molar-refractivity contribution is 5.85.